The Morgan fingerprint density at radius 1 is 0.292 bits per heavy atom. The molecule has 0 aliphatic rings. The highest BCUT2D eigenvalue weighted by Gasteiger charge is 2.19. The number of rotatable bonds is 54. The van der Waals surface area contributed by atoms with Crippen LogP contribution in [-0.2, 0) is 28.6 Å². The molecule has 0 fully saturated rings. The molecule has 6 nitrogen and oxygen atoms in total. The zero-order valence-electron chi connectivity index (χ0n) is 47.2. The summed E-state index contributed by atoms with van der Waals surface area (Å²) >= 11 is 0. The molecule has 72 heavy (non-hydrogen) atoms. The van der Waals surface area contributed by atoms with Gasteiger partial charge in [-0.1, -0.05) is 246 Å². The first-order chi connectivity index (χ1) is 35.5. The van der Waals surface area contributed by atoms with Crippen LogP contribution in [0.25, 0.3) is 0 Å². The molecule has 0 rings (SSSR count). The summed E-state index contributed by atoms with van der Waals surface area (Å²) in [6.45, 7) is 6.41. The molecule has 412 valence electrons. The van der Waals surface area contributed by atoms with Gasteiger partial charge in [-0.2, -0.15) is 0 Å². The number of hydrogen-bond donors (Lipinski definition) is 0. The van der Waals surface area contributed by atoms with Crippen LogP contribution in [0, 0.1) is 0 Å². The topological polar surface area (TPSA) is 78.9 Å². The number of unbranched alkanes of at least 4 members (excludes halogenated alkanes) is 27. The molecule has 0 aromatic carbocycles. The smallest absolute Gasteiger partial charge is 0.306 e. The van der Waals surface area contributed by atoms with Crippen LogP contribution in [0.5, 0.6) is 0 Å². The van der Waals surface area contributed by atoms with Gasteiger partial charge in [-0.15, -0.1) is 0 Å². The van der Waals surface area contributed by atoms with E-state index < -0.39 is 6.10 Å². The van der Waals surface area contributed by atoms with E-state index in [1.54, 1.807) is 0 Å². The van der Waals surface area contributed by atoms with E-state index in [4.69, 9.17) is 14.2 Å². The zero-order valence-corrected chi connectivity index (χ0v) is 47.2. The first-order valence-electron chi connectivity index (χ1n) is 30.2. The Labute approximate surface area is 445 Å². The molecule has 0 aliphatic heterocycles. The number of esters is 3. The summed E-state index contributed by atoms with van der Waals surface area (Å²) in [5, 5.41) is 0. The number of allylic oxidation sites excluding steroid dienone is 16. The first kappa shape index (κ1) is 68.3. The third kappa shape index (κ3) is 57.2. The molecule has 0 aromatic rings. The van der Waals surface area contributed by atoms with Crippen molar-refractivity contribution in [3.05, 3.63) is 97.2 Å². The fraction of sp³-hybridized carbons (Fsp3) is 0.712. The van der Waals surface area contributed by atoms with Gasteiger partial charge in [0.15, 0.2) is 6.10 Å². The fourth-order valence-corrected chi connectivity index (χ4v) is 8.33. The van der Waals surface area contributed by atoms with Crippen molar-refractivity contribution in [1.82, 2.24) is 0 Å². The second-order valence-electron chi connectivity index (χ2n) is 19.8. The van der Waals surface area contributed by atoms with Crippen LogP contribution in [0.1, 0.15) is 284 Å². The van der Waals surface area contributed by atoms with Gasteiger partial charge < -0.3 is 14.2 Å². The molecule has 0 bridgehead atoms. The molecule has 0 radical (unpaired) electrons. The Morgan fingerprint density at radius 3 is 0.861 bits per heavy atom. The molecule has 0 N–H and O–H groups in total. The summed E-state index contributed by atoms with van der Waals surface area (Å²) < 4.78 is 16.9. The maximum Gasteiger partial charge on any atom is 0.306 e. The molecular weight excluding hydrogens is 889 g/mol. The van der Waals surface area contributed by atoms with E-state index in [0.29, 0.717) is 19.3 Å². The third-order valence-corrected chi connectivity index (χ3v) is 12.8. The molecular formula is C66H112O6. The minimum atomic E-state index is -0.792. The second kappa shape index (κ2) is 59.9. The average molecular weight is 1000 g/mol. The van der Waals surface area contributed by atoms with Gasteiger partial charge in [0.05, 0.1) is 0 Å². The monoisotopic (exact) mass is 1000 g/mol. The van der Waals surface area contributed by atoms with Gasteiger partial charge in [-0.25, -0.2) is 0 Å². The van der Waals surface area contributed by atoms with Gasteiger partial charge in [0.2, 0.25) is 0 Å². The lowest BCUT2D eigenvalue weighted by Gasteiger charge is -2.18. The molecule has 0 aliphatic carbocycles. The van der Waals surface area contributed by atoms with Crippen molar-refractivity contribution >= 4 is 17.9 Å². The number of hydrogen-bond acceptors (Lipinski definition) is 6. The second-order valence-corrected chi connectivity index (χ2v) is 19.8. The maximum atomic E-state index is 12.9. The summed E-state index contributed by atoms with van der Waals surface area (Å²) in [4.78, 5) is 38.3. The zero-order chi connectivity index (χ0) is 52.2. The van der Waals surface area contributed by atoms with E-state index in [2.05, 4.69) is 118 Å². The first-order valence-corrected chi connectivity index (χ1v) is 30.2. The van der Waals surface area contributed by atoms with E-state index in [9.17, 15) is 14.4 Å². The lowest BCUT2D eigenvalue weighted by atomic mass is 10.1. The molecule has 0 spiro atoms. The van der Waals surface area contributed by atoms with E-state index in [-0.39, 0.29) is 31.1 Å². The van der Waals surface area contributed by atoms with E-state index in [0.717, 1.165) is 122 Å². The van der Waals surface area contributed by atoms with Crippen molar-refractivity contribution in [3.8, 4) is 0 Å². The van der Waals surface area contributed by atoms with Crippen LogP contribution in [0.4, 0.5) is 0 Å². The van der Waals surface area contributed by atoms with E-state index >= 15 is 0 Å². The van der Waals surface area contributed by atoms with Crippen LogP contribution in [0.3, 0.4) is 0 Å². The van der Waals surface area contributed by atoms with Gasteiger partial charge in [-0.3, -0.25) is 14.4 Å². The van der Waals surface area contributed by atoms with Crippen molar-refractivity contribution in [2.24, 2.45) is 0 Å². The van der Waals surface area contributed by atoms with E-state index in [1.165, 1.54) is 122 Å². The highest BCUT2D eigenvalue weighted by atomic mass is 16.6. The summed E-state index contributed by atoms with van der Waals surface area (Å²) in [6, 6.07) is 0. The summed E-state index contributed by atoms with van der Waals surface area (Å²) in [5.41, 5.74) is 0. The maximum absolute atomic E-state index is 12.9. The van der Waals surface area contributed by atoms with Crippen LogP contribution in [-0.4, -0.2) is 37.2 Å². The number of carbonyl (C=O) groups excluding carboxylic acids is 3. The quantitative estimate of drug-likeness (QED) is 0.0261. The van der Waals surface area contributed by atoms with Gasteiger partial charge in [0, 0.05) is 19.3 Å². The van der Waals surface area contributed by atoms with Gasteiger partial charge >= 0.3 is 17.9 Å². The Bertz CT molecular complexity index is 1430. The van der Waals surface area contributed by atoms with Crippen LogP contribution in [0.2, 0.25) is 0 Å². The summed E-state index contributed by atoms with van der Waals surface area (Å²) in [5.74, 6) is -0.909. The lowest BCUT2D eigenvalue weighted by molar-refractivity contribution is -0.167. The predicted molar refractivity (Wildman–Crippen MR) is 311 cm³/mol. The van der Waals surface area contributed by atoms with Crippen molar-refractivity contribution in [1.29, 1.82) is 0 Å². The largest absolute Gasteiger partial charge is 0.462 e. The fourth-order valence-electron chi connectivity index (χ4n) is 8.33. The Kier molecular flexibility index (Phi) is 56.8. The van der Waals surface area contributed by atoms with Crippen LogP contribution >= 0.6 is 0 Å². The Hall–Kier alpha value is -3.67. The predicted octanol–water partition coefficient (Wildman–Crippen LogP) is 20.5. The van der Waals surface area contributed by atoms with Crippen molar-refractivity contribution in [3.63, 3.8) is 0 Å². The molecule has 1 atom stereocenters. The van der Waals surface area contributed by atoms with Crippen molar-refractivity contribution in [2.75, 3.05) is 13.2 Å². The van der Waals surface area contributed by atoms with Crippen molar-refractivity contribution < 1.29 is 28.6 Å². The van der Waals surface area contributed by atoms with Crippen LogP contribution < -0.4 is 0 Å². The summed E-state index contributed by atoms with van der Waals surface area (Å²) in [7, 11) is 0. The third-order valence-electron chi connectivity index (χ3n) is 12.8. The SMILES string of the molecule is CC/C=C\C/C=C\C/C=C\C/C=C\CCCCCCCCC(=O)OCC(COC(=O)CCCCCCC/C=C\CCCCCCCCC)OC(=O)CCCCCCCCCCC/C=C\C/C=C\C/C=C\CC. The molecule has 0 aromatic heterocycles. The normalized spacial score (nSPS) is 12.8. The highest BCUT2D eigenvalue weighted by molar-refractivity contribution is 5.71. The minimum absolute atomic E-state index is 0.0885. The summed E-state index contributed by atoms with van der Waals surface area (Å²) in [6.07, 6.45) is 79.7. The molecule has 0 heterocycles. The molecule has 1 unspecified atom stereocenters. The molecule has 0 amide bonds. The minimum Gasteiger partial charge on any atom is -0.462 e. The number of ether oxygens (including phenoxy) is 3. The Balaban J connectivity index is 4.43. The average Bonchev–Trinajstić information content (AvgIpc) is 3.38. The standard InChI is InChI=1S/C66H112O6/c1-4-7-10-13-16-19-22-25-28-31-33-35-38-41-44-47-50-53-56-59-65(68)71-62-63(61-70-64(67)58-55-52-49-46-43-40-37-30-27-24-21-18-15-12-9-6-3)72-66(69)60-57-54-51-48-45-42-39-36-34-32-29-26-23-20-17-14-11-8-5-2/h7-8,10-11,16-17,19-20,25-26,28-30,33,35,37,63H,4-6,9,12-15,18,21-24,27,31-32,34,36,38-62H2,1-3H3/b10-7-,11-8-,19-16-,20-17-,28-25-,29-26-,35-33-,37-30-. The Morgan fingerprint density at radius 2 is 0.542 bits per heavy atom. The molecule has 0 saturated carbocycles. The molecule has 6 heteroatoms. The van der Waals surface area contributed by atoms with Gasteiger partial charge in [0.1, 0.15) is 13.2 Å². The highest BCUT2D eigenvalue weighted by Crippen LogP contribution is 2.15. The lowest BCUT2D eigenvalue weighted by Crippen LogP contribution is -2.30. The number of carbonyl (C=O) groups is 3. The molecule has 0 saturated heterocycles. The van der Waals surface area contributed by atoms with Gasteiger partial charge in [-0.05, 0) is 116 Å². The van der Waals surface area contributed by atoms with Gasteiger partial charge in [0.25, 0.3) is 0 Å². The van der Waals surface area contributed by atoms with Crippen molar-refractivity contribution in [2.45, 2.75) is 290 Å². The van der Waals surface area contributed by atoms with E-state index in [1.807, 2.05) is 0 Å². The van der Waals surface area contributed by atoms with Crippen LogP contribution in [0.15, 0.2) is 97.2 Å².